The van der Waals surface area contributed by atoms with Crippen LogP contribution < -0.4 is 0 Å². The fraction of sp³-hybridized carbons (Fsp3) is 0.944. The average Bonchev–Trinajstić information content (AvgIpc) is 2.99. The van der Waals surface area contributed by atoms with Gasteiger partial charge in [-0.3, -0.25) is 18.6 Å². The minimum atomic E-state index is -4.35. The Balaban J connectivity index is 4.42. The zero-order chi connectivity index (χ0) is 34.4. The lowest BCUT2D eigenvalue weighted by atomic mass is 10.0. The van der Waals surface area contributed by atoms with E-state index < -0.39 is 26.5 Å². The first-order valence-corrected chi connectivity index (χ1v) is 20.3. The molecule has 2 unspecified atom stereocenters. The van der Waals surface area contributed by atoms with Crippen molar-refractivity contribution < 1.29 is 42.1 Å². The lowest BCUT2D eigenvalue weighted by Gasteiger charge is -2.24. The van der Waals surface area contributed by atoms with E-state index in [4.69, 9.17) is 18.5 Å². The van der Waals surface area contributed by atoms with Gasteiger partial charge >= 0.3 is 19.8 Å². The molecule has 46 heavy (non-hydrogen) atoms. The number of likely N-dealkylation sites (N-methyl/N-ethyl adjacent to an activating group) is 1. The molecule has 0 aliphatic carbocycles. The number of phosphoric ester groups is 1. The number of phosphoric acid groups is 1. The van der Waals surface area contributed by atoms with E-state index in [9.17, 15) is 19.0 Å². The van der Waals surface area contributed by atoms with E-state index in [2.05, 4.69) is 13.8 Å². The minimum absolute atomic E-state index is 0.0362. The highest BCUT2D eigenvalue weighted by atomic mass is 31.2. The number of carbonyl (C=O) groups excluding carboxylic acids is 2. The number of hydrogen-bond acceptors (Lipinski definition) is 7. The molecule has 0 bridgehead atoms. The number of ether oxygens (including phenoxy) is 2. The van der Waals surface area contributed by atoms with Crippen LogP contribution in [0, 0.1) is 0 Å². The molecule has 0 saturated carbocycles. The molecule has 0 aromatic rings. The Morgan fingerprint density at radius 3 is 1.39 bits per heavy atom. The molecule has 10 heteroatoms. The van der Waals surface area contributed by atoms with Crippen LogP contribution in [-0.2, 0) is 32.7 Å². The molecule has 0 radical (unpaired) electrons. The van der Waals surface area contributed by atoms with Gasteiger partial charge in [0.2, 0.25) is 0 Å². The molecule has 0 rings (SSSR count). The van der Waals surface area contributed by atoms with Crippen molar-refractivity contribution in [2.45, 2.75) is 174 Å². The Morgan fingerprint density at radius 1 is 0.587 bits per heavy atom. The zero-order valence-electron chi connectivity index (χ0n) is 30.6. The molecule has 0 fully saturated rings. The summed E-state index contributed by atoms with van der Waals surface area (Å²) in [5.74, 6) is -0.793. The molecule has 0 heterocycles. The van der Waals surface area contributed by atoms with Crippen molar-refractivity contribution >= 4 is 19.8 Å². The summed E-state index contributed by atoms with van der Waals surface area (Å²) in [6, 6.07) is 0. The second-order valence-corrected chi connectivity index (χ2v) is 15.4. The fourth-order valence-electron chi connectivity index (χ4n) is 5.13. The van der Waals surface area contributed by atoms with Crippen molar-refractivity contribution in [2.24, 2.45) is 0 Å². The van der Waals surface area contributed by atoms with E-state index in [1.165, 1.54) is 103 Å². The van der Waals surface area contributed by atoms with Gasteiger partial charge in [0.1, 0.15) is 19.8 Å². The van der Waals surface area contributed by atoms with Crippen LogP contribution in [0.25, 0.3) is 0 Å². The monoisotopic (exact) mass is 679 g/mol. The lowest BCUT2D eigenvalue weighted by molar-refractivity contribution is -0.870. The van der Waals surface area contributed by atoms with Gasteiger partial charge in [0, 0.05) is 12.8 Å². The zero-order valence-corrected chi connectivity index (χ0v) is 31.5. The van der Waals surface area contributed by atoms with Gasteiger partial charge in [-0.15, -0.1) is 0 Å². The Kier molecular flexibility index (Phi) is 29.4. The highest BCUT2D eigenvalue weighted by Gasteiger charge is 2.27. The maximum atomic E-state index is 12.6. The van der Waals surface area contributed by atoms with Gasteiger partial charge in [0.05, 0.1) is 27.7 Å². The minimum Gasteiger partial charge on any atom is -0.462 e. The summed E-state index contributed by atoms with van der Waals surface area (Å²) in [5, 5.41) is 0. The summed E-state index contributed by atoms with van der Waals surface area (Å²) in [6.45, 7) is 4.40. The standard InChI is InChI=1S/C36H72NO8P/c1-6-8-10-12-14-16-18-19-21-22-24-26-28-35(38)42-32-34(33-44-46(40,41)43-31-30-37(3,4)5)45-36(39)29-27-25-23-20-17-15-13-11-9-7-2/h34H,6-33H2,1-5H3/p+1. The van der Waals surface area contributed by atoms with Crippen molar-refractivity contribution in [1.29, 1.82) is 0 Å². The number of unbranched alkanes of at least 4 members (excludes halogenated alkanes) is 20. The van der Waals surface area contributed by atoms with Gasteiger partial charge in [-0.2, -0.15) is 0 Å². The normalized spacial score (nSPS) is 13.8. The molecule has 0 aromatic heterocycles. The molecule has 0 spiro atoms. The summed E-state index contributed by atoms with van der Waals surface area (Å²) in [7, 11) is 1.49. The van der Waals surface area contributed by atoms with Gasteiger partial charge in [-0.25, -0.2) is 4.57 Å². The lowest BCUT2D eigenvalue weighted by Crippen LogP contribution is -2.37. The number of hydrogen-bond donors (Lipinski definition) is 1. The van der Waals surface area contributed by atoms with Crippen LogP contribution in [0.5, 0.6) is 0 Å². The second-order valence-electron chi connectivity index (χ2n) is 14.0. The van der Waals surface area contributed by atoms with Crippen LogP contribution in [0.15, 0.2) is 0 Å². The molecule has 2 atom stereocenters. The van der Waals surface area contributed by atoms with Crippen LogP contribution in [-0.4, -0.2) is 74.9 Å². The van der Waals surface area contributed by atoms with Gasteiger partial charge in [-0.1, -0.05) is 142 Å². The first-order valence-electron chi connectivity index (χ1n) is 18.8. The molecule has 0 aliphatic rings. The van der Waals surface area contributed by atoms with Crippen LogP contribution in [0.3, 0.4) is 0 Å². The molecule has 0 amide bonds. The summed E-state index contributed by atoms with van der Waals surface area (Å²) < 4.78 is 34.1. The summed E-state index contributed by atoms with van der Waals surface area (Å²) in [4.78, 5) is 35.1. The van der Waals surface area contributed by atoms with E-state index >= 15 is 0 Å². The summed E-state index contributed by atoms with van der Waals surface area (Å²) in [5.41, 5.74) is 0. The maximum Gasteiger partial charge on any atom is 0.472 e. The fourth-order valence-corrected chi connectivity index (χ4v) is 5.87. The number of carbonyl (C=O) groups is 2. The number of nitrogens with zero attached hydrogens (tertiary/aromatic N) is 1. The maximum absolute atomic E-state index is 12.6. The molecule has 0 saturated heterocycles. The quantitative estimate of drug-likeness (QED) is 0.0310. The van der Waals surface area contributed by atoms with Crippen molar-refractivity contribution in [3.63, 3.8) is 0 Å². The molecular weight excluding hydrogens is 605 g/mol. The van der Waals surface area contributed by atoms with E-state index in [1.807, 2.05) is 21.1 Å². The van der Waals surface area contributed by atoms with Crippen molar-refractivity contribution in [3.8, 4) is 0 Å². The predicted octanol–water partition coefficient (Wildman–Crippen LogP) is 9.68. The third-order valence-electron chi connectivity index (χ3n) is 8.14. The van der Waals surface area contributed by atoms with Gasteiger partial charge < -0.3 is 18.9 Å². The molecule has 0 aliphatic heterocycles. The summed E-state index contributed by atoms with van der Waals surface area (Å²) >= 11 is 0. The Hall–Kier alpha value is -0.990. The molecule has 1 N–H and O–H groups in total. The van der Waals surface area contributed by atoms with E-state index in [0.717, 1.165) is 32.1 Å². The van der Waals surface area contributed by atoms with Crippen molar-refractivity contribution in [3.05, 3.63) is 0 Å². The summed E-state index contributed by atoms with van der Waals surface area (Å²) in [6.07, 6.45) is 25.7. The Morgan fingerprint density at radius 2 is 0.978 bits per heavy atom. The van der Waals surface area contributed by atoms with Crippen molar-refractivity contribution in [1.82, 2.24) is 0 Å². The SMILES string of the molecule is CCCCCCCCCCCCCCC(=O)OCC(COP(=O)(O)OCC[N+](C)(C)C)OC(=O)CCCCCCCCCCCC. The smallest absolute Gasteiger partial charge is 0.462 e. The van der Waals surface area contributed by atoms with Crippen LogP contribution in [0.2, 0.25) is 0 Å². The predicted molar refractivity (Wildman–Crippen MR) is 188 cm³/mol. The number of rotatable bonds is 34. The van der Waals surface area contributed by atoms with Gasteiger partial charge in [0.25, 0.3) is 0 Å². The largest absolute Gasteiger partial charge is 0.472 e. The van der Waals surface area contributed by atoms with Gasteiger partial charge in [-0.05, 0) is 12.8 Å². The van der Waals surface area contributed by atoms with Crippen molar-refractivity contribution in [2.75, 3.05) is 47.5 Å². The van der Waals surface area contributed by atoms with E-state index in [0.29, 0.717) is 23.9 Å². The highest BCUT2D eigenvalue weighted by molar-refractivity contribution is 7.47. The topological polar surface area (TPSA) is 108 Å². The van der Waals surface area contributed by atoms with Gasteiger partial charge in [0.15, 0.2) is 6.10 Å². The molecule has 0 aromatic carbocycles. The Bertz CT molecular complexity index is 774. The third-order valence-corrected chi connectivity index (χ3v) is 9.12. The number of esters is 2. The molecule has 274 valence electrons. The van der Waals surface area contributed by atoms with E-state index in [1.54, 1.807) is 0 Å². The number of quaternary nitrogens is 1. The highest BCUT2D eigenvalue weighted by Crippen LogP contribution is 2.43. The average molecular weight is 679 g/mol. The first-order chi connectivity index (χ1) is 22.0. The second kappa shape index (κ2) is 30.1. The first kappa shape index (κ1) is 45.0. The van der Waals surface area contributed by atoms with Crippen LogP contribution in [0.4, 0.5) is 0 Å². The molecular formula is C36H73NO8P+. The van der Waals surface area contributed by atoms with Crippen LogP contribution in [0.1, 0.15) is 168 Å². The Labute approximate surface area is 283 Å². The molecule has 9 nitrogen and oxygen atoms in total. The third kappa shape index (κ3) is 32.9. The van der Waals surface area contributed by atoms with Crippen LogP contribution >= 0.6 is 7.82 Å². The van der Waals surface area contributed by atoms with E-state index in [-0.39, 0.29) is 25.6 Å².